The summed E-state index contributed by atoms with van der Waals surface area (Å²) in [6.07, 6.45) is 8.06. The molecular formula is C25H32N4O3S2. The quantitative estimate of drug-likeness (QED) is 0.352. The predicted octanol–water partition coefficient (Wildman–Crippen LogP) is 4.95. The molecule has 0 radical (unpaired) electrons. The van der Waals surface area contributed by atoms with Gasteiger partial charge in [0.15, 0.2) is 0 Å². The molecule has 0 saturated heterocycles. The Balaban J connectivity index is 1.34. The van der Waals surface area contributed by atoms with E-state index in [1.165, 1.54) is 12.0 Å². The number of methoxy groups -OCH3 is 1. The normalized spacial score (nSPS) is 13.8. The number of ether oxygens (including phenoxy) is 2. The van der Waals surface area contributed by atoms with Gasteiger partial charge in [-0.15, -0.1) is 22.7 Å². The number of aromatic nitrogens is 3. The Morgan fingerprint density at radius 2 is 2.12 bits per heavy atom. The highest BCUT2D eigenvalue weighted by Crippen LogP contribution is 2.30. The van der Waals surface area contributed by atoms with Crippen molar-refractivity contribution < 1.29 is 14.3 Å². The number of carbonyl (C=O) groups is 1. The molecule has 9 heteroatoms. The Kier molecular flexibility index (Phi) is 9.01. The molecule has 182 valence electrons. The van der Waals surface area contributed by atoms with Crippen LogP contribution in [0.15, 0.2) is 23.7 Å². The van der Waals surface area contributed by atoms with Gasteiger partial charge in [0.05, 0.1) is 30.3 Å². The Bertz CT molecular complexity index is 1080. The number of esters is 1. The van der Waals surface area contributed by atoms with Gasteiger partial charge in [-0.25, -0.2) is 15.0 Å². The third-order valence-electron chi connectivity index (χ3n) is 5.79. The fourth-order valence-electron chi connectivity index (χ4n) is 4.14. The van der Waals surface area contributed by atoms with Gasteiger partial charge in [-0.1, -0.05) is 6.07 Å². The van der Waals surface area contributed by atoms with Crippen LogP contribution in [0.5, 0.6) is 0 Å². The van der Waals surface area contributed by atoms with Crippen LogP contribution >= 0.6 is 22.7 Å². The van der Waals surface area contributed by atoms with E-state index in [0.29, 0.717) is 26.1 Å². The molecule has 0 amide bonds. The van der Waals surface area contributed by atoms with Gasteiger partial charge in [0.1, 0.15) is 10.8 Å². The number of fused-ring (bicyclic) bond motifs is 1. The first kappa shape index (κ1) is 24.8. The number of hydrogen-bond donors (Lipinski definition) is 1. The fourth-order valence-corrected chi connectivity index (χ4v) is 5.98. The van der Waals surface area contributed by atoms with Crippen molar-refractivity contribution in [3.63, 3.8) is 0 Å². The Hall–Kier alpha value is -2.36. The lowest BCUT2D eigenvalue weighted by atomic mass is 9.98. The molecule has 1 aliphatic rings. The highest BCUT2D eigenvalue weighted by Gasteiger charge is 2.22. The summed E-state index contributed by atoms with van der Waals surface area (Å²) < 4.78 is 10.4. The van der Waals surface area contributed by atoms with E-state index in [1.807, 2.05) is 13.1 Å². The number of aryl methyl sites for hydroxylation is 3. The average molecular weight is 501 g/mol. The van der Waals surface area contributed by atoms with E-state index >= 15 is 0 Å². The van der Waals surface area contributed by atoms with Crippen molar-refractivity contribution in [2.24, 2.45) is 0 Å². The van der Waals surface area contributed by atoms with Crippen molar-refractivity contribution >= 4 is 34.5 Å². The van der Waals surface area contributed by atoms with E-state index in [-0.39, 0.29) is 11.9 Å². The van der Waals surface area contributed by atoms with Gasteiger partial charge in [-0.2, -0.15) is 0 Å². The fraction of sp³-hybridized carbons (Fsp3) is 0.520. The lowest BCUT2D eigenvalue weighted by Gasteiger charge is -2.17. The molecular weight excluding hydrogens is 468 g/mol. The molecule has 1 N–H and O–H groups in total. The first-order chi connectivity index (χ1) is 16.6. The minimum absolute atomic E-state index is 0.00398. The summed E-state index contributed by atoms with van der Waals surface area (Å²) in [5.74, 6) is 0.880. The summed E-state index contributed by atoms with van der Waals surface area (Å²) in [6, 6.07) is 4.37. The zero-order valence-corrected chi connectivity index (χ0v) is 21.5. The monoisotopic (exact) mass is 500 g/mol. The van der Waals surface area contributed by atoms with Crippen molar-refractivity contribution in [1.82, 2.24) is 15.0 Å². The van der Waals surface area contributed by atoms with Crippen LogP contribution in [0, 0.1) is 0 Å². The van der Waals surface area contributed by atoms with Gasteiger partial charge < -0.3 is 14.8 Å². The highest BCUT2D eigenvalue weighted by atomic mass is 32.1. The van der Waals surface area contributed by atoms with Crippen molar-refractivity contribution in [2.45, 2.75) is 64.4 Å². The van der Waals surface area contributed by atoms with E-state index in [2.05, 4.69) is 27.8 Å². The number of nitrogens with zero attached hydrogens (tertiary/aromatic N) is 3. The smallest absolute Gasteiger partial charge is 0.306 e. The van der Waals surface area contributed by atoms with Crippen LogP contribution < -0.4 is 5.32 Å². The minimum Gasteiger partial charge on any atom is -0.466 e. The predicted molar refractivity (Wildman–Crippen MR) is 136 cm³/mol. The molecule has 0 spiro atoms. The number of thiazole rings is 2. The third-order valence-corrected chi connectivity index (χ3v) is 7.88. The maximum absolute atomic E-state index is 12.2. The van der Waals surface area contributed by atoms with Crippen LogP contribution in [-0.2, 0) is 46.6 Å². The summed E-state index contributed by atoms with van der Waals surface area (Å²) in [4.78, 5) is 27.4. The van der Waals surface area contributed by atoms with Crippen LogP contribution in [0.1, 0.15) is 63.9 Å². The Morgan fingerprint density at radius 3 is 2.97 bits per heavy atom. The van der Waals surface area contributed by atoms with Crippen LogP contribution in [0.2, 0.25) is 0 Å². The molecule has 1 atom stereocenters. The van der Waals surface area contributed by atoms with Gasteiger partial charge in [0.2, 0.25) is 0 Å². The molecule has 0 fully saturated rings. The zero-order chi connectivity index (χ0) is 23.8. The summed E-state index contributed by atoms with van der Waals surface area (Å²) in [7, 11) is 1.66. The van der Waals surface area contributed by atoms with Crippen LogP contribution in [-0.4, -0.2) is 41.2 Å². The van der Waals surface area contributed by atoms with Crippen molar-refractivity contribution in [3.8, 4) is 0 Å². The topological polar surface area (TPSA) is 86.2 Å². The van der Waals surface area contributed by atoms with Gasteiger partial charge >= 0.3 is 5.97 Å². The average Bonchev–Trinajstić information content (AvgIpc) is 3.49. The van der Waals surface area contributed by atoms with Crippen molar-refractivity contribution in [2.75, 3.05) is 25.6 Å². The second-order valence-electron chi connectivity index (χ2n) is 8.43. The molecule has 3 aromatic rings. The van der Waals surface area contributed by atoms with E-state index in [0.717, 1.165) is 64.3 Å². The molecule has 1 aliphatic heterocycles. The van der Waals surface area contributed by atoms with Gasteiger partial charge in [-0.05, 0) is 57.1 Å². The van der Waals surface area contributed by atoms with Crippen molar-refractivity contribution in [3.05, 3.63) is 55.6 Å². The second kappa shape index (κ2) is 12.4. The summed E-state index contributed by atoms with van der Waals surface area (Å²) >= 11 is 3.29. The number of rotatable bonds is 12. The first-order valence-electron chi connectivity index (χ1n) is 11.9. The standard InChI is InChI=1S/C25H32N4O3S2/c1-3-32-24(30)13-18(21-14-27-23(34-21)15-31-2)12-20-16-33-22(28-20)8-4-7-19-10-9-17-6-5-11-26-25(17)29-19/h9-10,14,16,18H,3-8,11-13,15H2,1-2H3,(H,26,29). The van der Waals surface area contributed by atoms with Gasteiger partial charge in [0.25, 0.3) is 0 Å². The zero-order valence-electron chi connectivity index (χ0n) is 19.8. The van der Waals surface area contributed by atoms with Gasteiger partial charge in [-0.3, -0.25) is 4.79 Å². The number of carbonyl (C=O) groups excluding carboxylic acids is 1. The largest absolute Gasteiger partial charge is 0.466 e. The van der Waals surface area contributed by atoms with E-state index in [4.69, 9.17) is 19.4 Å². The van der Waals surface area contributed by atoms with Crippen LogP contribution in [0.3, 0.4) is 0 Å². The first-order valence-corrected chi connectivity index (χ1v) is 13.6. The minimum atomic E-state index is -0.184. The molecule has 7 nitrogen and oxygen atoms in total. The number of nitrogens with one attached hydrogen (secondary N) is 1. The third kappa shape index (κ3) is 6.84. The molecule has 4 heterocycles. The summed E-state index contributed by atoms with van der Waals surface area (Å²) in [5, 5.41) is 7.57. The van der Waals surface area contributed by atoms with Gasteiger partial charge in [0, 0.05) is 41.7 Å². The van der Waals surface area contributed by atoms with E-state index < -0.39 is 0 Å². The molecule has 0 bridgehead atoms. The Morgan fingerprint density at radius 1 is 1.21 bits per heavy atom. The molecule has 4 rings (SSSR count). The summed E-state index contributed by atoms with van der Waals surface area (Å²) in [5.41, 5.74) is 3.48. The lowest BCUT2D eigenvalue weighted by Crippen LogP contribution is -2.14. The van der Waals surface area contributed by atoms with Crippen molar-refractivity contribution in [1.29, 1.82) is 0 Å². The maximum atomic E-state index is 12.2. The lowest BCUT2D eigenvalue weighted by molar-refractivity contribution is -0.143. The Labute approximate surface area is 209 Å². The highest BCUT2D eigenvalue weighted by molar-refractivity contribution is 7.11. The number of pyridine rings is 1. The molecule has 1 unspecified atom stereocenters. The molecule has 3 aromatic heterocycles. The molecule has 0 saturated carbocycles. The number of hydrogen-bond acceptors (Lipinski definition) is 9. The SMILES string of the molecule is CCOC(=O)CC(Cc1csc(CCCc2ccc3c(n2)NCCC3)n1)c1cnc(COC)s1. The maximum Gasteiger partial charge on any atom is 0.306 e. The molecule has 34 heavy (non-hydrogen) atoms. The molecule has 0 aromatic carbocycles. The van der Waals surface area contributed by atoms with Crippen LogP contribution in [0.25, 0.3) is 0 Å². The second-order valence-corrected chi connectivity index (χ2v) is 10.5. The van der Waals surface area contributed by atoms with Crippen LogP contribution in [0.4, 0.5) is 5.82 Å². The van der Waals surface area contributed by atoms with E-state index in [1.54, 1.807) is 29.8 Å². The van der Waals surface area contributed by atoms with E-state index in [9.17, 15) is 4.79 Å². The summed E-state index contributed by atoms with van der Waals surface area (Å²) in [6.45, 7) is 3.71. The molecule has 0 aliphatic carbocycles. The number of anilines is 1.